The van der Waals surface area contributed by atoms with Gasteiger partial charge in [0.25, 0.3) is 0 Å². The number of nitrogens with two attached hydrogens (primary N) is 1. The summed E-state index contributed by atoms with van der Waals surface area (Å²) in [7, 11) is 2.19. The SMILES string of the molecule is CC1CCC(N(C)CCC2CCCC2(N)C(=O)O)CC1. The average molecular weight is 282 g/mol. The van der Waals surface area contributed by atoms with Gasteiger partial charge in [-0.1, -0.05) is 13.3 Å². The Bertz CT molecular complexity index is 339. The van der Waals surface area contributed by atoms with Gasteiger partial charge < -0.3 is 15.7 Å². The molecule has 2 aliphatic carbocycles. The van der Waals surface area contributed by atoms with Gasteiger partial charge in [-0.05, 0) is 70.4 Å². The third kappa shape index (κ3) is 3.34. The van der Waals surface area contributed by atoms with Crippen LogP contribution in [0.25, 0.3) is 0 Å². The average Bonchev–Trinajstić information content (AvgIpc) is 2.79. The van der Waals surface area contributed by atoms with E-state index in [4.69, 9.17) is 5.73 Å². The molecule has 0 aromatic carbocycles. The largest absolute Gasteiger partial charge is 0.480 e. The Morgan fingerprint density at radius 1 is 1.30 bits per heavy atom. The standard InChI is InChI=1S/C16H30N2O2/c1-12-5-7-14(8-6-12)18(2)11-9-13-4-3-10-16(13,17)15(19)20/h12-14H,3-11,17H2,1-2H3,(H,19,20). The summed E-state index contributed by atoms with van der Waals surface area (Å²) in [6, 6.07) is 0.685. The molecule has 3 N–H and O–H groups in total. The van der Waals surface area contributed by atoms with Gasteiger partial charge in [-0.2, -0.15) is 0 Å². The molecule has 0 aliphatic heterocycles. The molecule has 2 saturated carbocycles. The molecule has 2 unspecified atom stereocenters. The van der Waals surface area contributed by atoms with E-state index in [2.05, 4.69) is 18.9 Å². The summed E-state index contributed by atoms with van der Waals surface area (Å²) in [6.45, 7) is 3.32. The Balaban J connectivity index is 1.81. The van der Waals surface area contributed by atoms with Crippen molar-refractivity contribution < 1.29 is 9.90 Å². The smallest absolute Gasteiger partial charge is 0.323 e. The van der Waals surface area contributed by atoms with E-state index in [1.165, 1.54) is 25.7 Å². The molecule has 2 aliphatic rings. The quantitative estimate of drug-likeness (QED) is 0.813. The molecule has 0 spiro atoms. The molecule has 2 rings (SSSR count). The minimum absolute atomic E-state index is 0.143. The van der Waals surface area contributed by atoms with Crippen LogP contribution in [0.15, 0.2) is 0 Å². The van der Waals surface area contributed by atoms with Crippen molar-refractivity contribution in [1.82, 2.24) is 4.90 Å². The topological polar surface area (TPSA) is 66.6 Å². The van der Waals surface area contributed by atoms with Crippen LogP contribution in [0.3, 0.4) is 0 Å². The van der Waals surface area contributed by atoms with Crippen molar-refractivity contribution in [2.75, 3.05) is 13.6 Å². The molecule has 4 heteroatoms. The summed E-state index contributed by atoms with van der Waals surface area (Å²) in [5, 5.41) is 9.35. The van der Waals surface area contributed by atoms with Crippen LogP contribution in [0, 0.1) is 11.8 Å². The summed E-state index contributed by atoms with van der Waals surface area (Å²) in [5.41, 5.74) is 5.14. The summed E-state index contributed by atoms with van der Waals surface area (Å²) < 4.78 is 0. The molecule has 2 fully saturated rings. The highest BCUT2D eigenvalue weighted by Crippen LogP contribution is 2.36. The number of carboxylic acid groups (broad SMARTS) is 1. The predicted octanol–water partition coefficient (Wildman–Crippen LogP) is 2.47. The highest BCUT2D eigenvalue weighted by atomic mass is 16.4. The minimum atomic E-state index is -0.970. The van der Waals surface area contributed by atoms with Gasteiger partial charge in [0.2, 0.25) is 0 Å². The molecule has 0 aromatic heterocycles. The Labute approximate surface area is 122 Å². The first-order valence-corrected chi connectivity index (χ1v) is 8.16. The van der Waals surface area contributed by atoms with Crippen molar-refractivity contribution in [2.24, 2.45) is 17.6 Å². The number of carboxylic acids is 1. The fourth-order valence-corrected chi connectivity index (χ4v) is 4.01. The van der Waals surface area contributed by atoms with Gasteiger partial charge in [0, 0.05) is 6.04 Å². The van der Waals surface area contributed by atoms with E-state index in [0.717, 1.165) is 31.7 Å². The van der Waals surface area contributed by atoms with Gasteiger partial charge in [0.05, 0.1) is 0 Å². The highest BCUT2D eigenvalue weighted by Gasteiger charge is 2.45. The van der Waals surface area contributed by atoms with Crippen molar-refractivity contribution in [1.29, 1.82) is 0 Å². The lowest BCUT2D eigenvalue weighted by molar-refractivity contribution is -0.144. The van der Waals surface area contributed by atoms with Crippen LogP contribution in [0.5, 0.6) is 0 Å². The van der Waals surface area contributed by atoms with Crippen LogP contribution in [-0.2, 0) is 4.79 Å². The lowest BCUT2D eigenvalue weighted by Crippen LogP contribution is -2.51. The monoisotopic (exact) mass is 282 g/mol. The van der Waals surface area contributed by atoms with Crippen molar-refractivity contribution in [3.8, 4) is 0 Å². The summed E-state index contributed by atoms with van der Waals surface area (Å²) in [4.78, 5) is 13.8. The molecule has 2 atom stereocenters. The molecule has 4 nitrogen and oxygen atoms in total. The Morgan fingerprint density at radius 3 is 2.55 bits per heavy atom. The van der Waals surface area contributed by atoms with E-state index < -0.39 is 11.5 Å². The van der Waals surface area contributed by atoms with E-state index in [9.17, 15) is 9.90 Å². The maximum atomic E-state index is 11.4. The second-order valence-electron chi connectivity index (χ2n) is 7.12. The molecule has 0 radical (unpaired) electrons. The number of hydrogen-bond donors (Lipinski definition) is 2. The number of hydrogen-bond acceptors (Lipinski definition) is 3. The maximum absolute atomic E-state index is 11.4. The van der Waals surface area contributed by atoms with Crippen molar-refractivity contribution in [3.63, 3.8) is 0 Å². The summed E-state index contributed by atoms with van der Waals surface area (Å²) in [5.74, 6) is 0.206. The molecule has 0 heterocycles. The molecular weight excluding hydrogens is 252 g/mol. The molecular formula is C16H30N2O2. The van der Waals surface area contributed by atoms with Gasteiger partial charge in [-0.3, -0.25) is 4.79 Å². The second kappa shape index (κ2) is 6.44. The second-order valence-corrected chi connectivity index (χ2v) is 7.12. The first-order valence-electron chi connectivity index (χ1n) is 8.16. The molecule has 0 amide bonds. The lowest BCUT2D eigenvalue weighted by Gasteiger charge is -2.35. The minimum Gasteiger partial charge on any atom is -0.480 e. The summed E-state index contributed by atoms with van der Waals surface area (Å²) >= 11 is 0. The Morgan fingerprint density at radius 2 is 1.95 bits per heavy atom. The van der Waals surface area contributed by atoms with Crippen LogP contribution in [-0.4, -0.2) is 41.1 Å². The van der Waals surface area contributed by atoms with Crippen LogP contribution in [0.4, 0.5) is 0 Å². The maximum Gasteiger partial charge on any atom is 0.323 e. The Hall–Kier alpha value is -0.610. The van der Waals surface area contributed by atoms with E-state index in [0.29, 0.717) is 12.5 Å². The van der Waals surface area contributed by atoms with E-state index in [1.54, 1.807) is 0 Å². The fraction of sp³-hybridized carbons (Fsp3) is 0.938. The Kier molecular flexibility index (Phi) is 5.08. The van der Waals surface area contributed by atoms with Gasteiger partial charge in [0.1, 0.15) is 5.54 Å². The molecule has 20 heavy (non-hydrogen) atoms. The number of rotatable bonds is 5. The van der Waals surface area contributed by atoms with Crippen molar-refractivity contribution in [3.05, 3.63) is 0 Å². The van der Waals surface area contributed by atoms with Crippen LogP contribution < -0.4 is 5.73 Å². The van der Waals surface area contributed by atoms with E-state index >= 15 is 0 Å². The third-order valence-corrected chi connectivity index (χ3v) is 5.71. The van der Waals surface area contributed by atoms with Crippen LogP contribution in [0.2, 0.25) is 0 Å². The molecule has 0 aromatic rings. The first kappa shape index (κ1) is 15.8. The third-order valence-electron chi connectivity index (χ3n) is 5.71. The van der Waals surface area contributed by atoms with E-state index in [-0.39, 0.29) is 5.92 Å². The van der Waals surface area contributed by atoms with E-state index in [1.807, 2.05) is 0 Å². The summed E-state index contributed by atoms with van der Waals surface area (Å²) in [6.07, 6.45) is 8.71. The first-order chi connectivity index (χ1) is 9.43. The van der Waals surface area contributed by atoms with Gasteiger partial charge in [-0.15, -0.1) is 0 Å². The van der Waals surface area contributed by atoms with Crippen molar-refractivity contribution in [2.45, 2.75) is 69.9 Å². The van der Waals surface area contributed by atoms with Gasteiger partial charge in [0.15, 0.2) is 0 Å². The highest BCUT2D eigenvalue weighted by molar-refractivity contribution is 5.79. The fourth-order valence-electron chi connectivity index (χ4n) is 4.01. The predicted molar refractivity (Wildman–Crippen MR) is 80.6 cm³/mol. The van der Waals surface area contributed by atoms with Crippen LogP contribution in [0.1, 0.15) is 58.3 Å². The number of nitrogens with zero attached hydrogens (tertiary/aromatic N) is 1. The molecule has 0 bridgehead atoms. The lowest BCUT2D eigenvalue weighted by atomic mass is 9.84. The van der Waals surface area contributed by atoms with Crippen molar-refractivity contribution >= 4 is 5.97 Å². The van der Waals surface area contributed by atoms with Crippen LogP contribution >= 0.6 is 0 Å². The van der Waals surface area contributed by atoms with Gasteiger partial charge in [-0.25, -0.2) is 0 Å². The van der Waals surface area contributed by atoms with Gasteiger partial charge >= 0.3 is 5.97 Å². The number of aliphatic carboxylic acids is 1. The molecule has 0 saturated heterocycles. The zero-order valence-electron chi connectivity index (χ0n) is 13.0. The number of carbonyl (C=O) groups is 1. The molecule has 116 valence electrons. The normalized spacial score (nSPS) is 38.3. The zero-order valence-corrected chi connectivity index (χ0v) is 13.0. The zero-order chi connectivity index (χ0) is 14.8.